The normalized spacial score (nSPS) is 11.8. The molecule has 2 N–H and O–H groups in total. The molecule has 1 heterocycles. The fourth-order valence-corrected chi connectivity index (χ4v) is 4.47. The van der Waals surface area contributed by atoms with Gasteiger partial charge in [0.15, 0.2) is 5.13 Å². The second kappa shape index (κ2) is 9.30. The number of carbonyl (C=O) groups excluding carboxylic acids is 1. The molecule has 2 aromatic carbocycles. The molecule has 0 atom stereocenters. The van der Waals surface area contributed by atoms with Gasteiger partial charge in [0.1, 0.15) is 15.9 Å². The number of amides is 1. The topological polar surface area (TPSA) is 97.4 Å². The van der Waals surface area contributed by atoms with E-state index in [1.807, 2.05) is 0 Å². The molecule has 1 aromatic heterocycles. The summed E-state index contributed by atoms with van der Waals surface area (Å²) >= 11 is 6.56. The van der Waals surface area contributed by atoms with Crippen molar-refractivity contribution in [3.05, 3.63) is 69.9 Å². The number of ether oxygens (including phenoxy) is 1. The highest BCUT2D eigenvalue weighted by molar-refractivity contribution is 7.93. The highest BCUT2D eigenvalue weighted by atomic mass is 35.5. The van der Waals surface area contributed by atoms with Gasteiger partial charge in [-0.2, -0.15) is 0 Å². The summed E-state index contributed by atoms with van der Waals surface area (Å²) in [5.74, 6) is -2.36. The number of anilines is 1. The van der Waals surface area contributed by atoms with Crippen LogP contribution in [0.3, 0.4) is 0 Å². The van der Waals surface area contributed by atoms with Crippen LogP contribution in [0.25, 0.3) is 0 Å². The van der Waals surface area contributed by atoms with Gasteiger partial charge in [0.25, 0.3) is 15.9 Å². The minimum absolute atomic E-state index is 0.0103. The lowest BCUT2D eigenvalue weighted by molar-refractivity contribution is -0.274. The summed E-state index contributed by atoms with van der Waals surface area (Å²) < 4.78 is 81.7. The van der Waals surface area contributed by atoms with Crippen LogP contribution < -0.4 is 14.8 Å². The van der Waals surface area contributed by atoms with Crippen LogP contribution in [0.5, 0.6) is 5.75 Å². The molecular formula is C18H12ClF4N3O4S2. The van der Waals surface area contributed by atoms with E-state index >= 15 is 0 Å². The maximum atomic E-state index is 14.4. The lowest BCUT2D eigenvalue weighted by atomic mass is 10.2. The molecule has 0 aliphatic heterocycles. The zero-order chi connectivity index (χ0) is 23.5. The zero-order valence-electron chi connectivity index (χ0n) is 15.6. The van der Waals surface area contributed by atoms with Crippen LogP contribution in [-0.2, 0) is 16.6 Å². The van der Waals surface area contributed by atoms with Gasteiger partial charge in [-0.3, -0.25) is 9.52 Å². The van der Waals surface area contributed by atoms with Crippen molar-refractivity contribution in [2.24, 2.45) is 0 Å². The molecule has 0 saturated heterocycles. The fraction of sp³-hybridized carbons (Fsp3) is 0.111. The van der Waals surface area contributed by atoms with Crippen LogP contribution in [0.15, 0.2) is 53.6 Å². The van der Waals surface area contributed by atoms with E-state index in [4.69, 9.17) is 11.6 Å². The Kier molecular flexibility index (Phi) is 6.91. The molecule has 1 amide bonds. The largest absolute Gasteiger partial charge is 0.573 e. The second-order valence-corrected chi connectivity index (χ2v) is 9.44. The molecule has 0 unspecified atom stereocenters. The number of benzene rings is 2. The Morgan fingerprint density at radius 1 is 1.16 bits per heavy atom. The standard InChI is InChI=1S/C18H12ClF4N3O4S2/c19-15-9-25-17(31-15)26-32(28,29)12-5-6-13(14(20)7-12)16(27)24-8-10-1-3-11(4-2-10)30-18(21,22)23/h1-7,9H,8H2,(H,24,27)(H,25,26). The first-order valence-electron chi connectivity index (χ1n) is 8.49. The molecule has 0 bridgehead atoms. The number of carbonyl (C=O) groups is 1. The monoisotopic (exact) mass is 509 g/mol. The smallest absolute Gasteiger partial charge is 0.406 e. The minimum atomic E-state index is -4.82. The number of halogens is 5. The summed E-state index contributed by atoms with van der Waals surface area (Å²) in [6.07, 6.45) is -3.58. The first-order chi connectivity index (χ1) is 14.9. The van der Waals surface area contributed by atoms with Crippen LogP contribution in [0.1, 0.15) is 15.9 Å². The number of rotatable bonds is 7. The van der Waals surface area contributed by atoms with E-state index in [-0.39, 0.29) is 16.0 Å². The Labute approximate surface area is 188 Å². The summed E-state index contributed by atoms with van der Waals surface area (Å²) in [4.78, 5) is 15.5. The summed E-state index contributed by atoms with van der Waals surface area (Å²) in [6.45, 7) is -0.114. The van der Waals surface area contributed by atoms with Gasteiger partial charge in [0.05, 0.1) is 16.7 Å². The minimum Gasteiger partial charge on any atom is -0.406 e. The molecule has 0 saturated carbocycles. The number of hydrogen-bond donors (Lipinski definition) is 2. The van der Waals surface area contributed by atoms with Crippen LogP contribution >= 0.6 is 22.9 Å². The average molecular weight is 510 g/mol. The molecule has 170 valence electrons. The molecule has 0 fully saturated rings. The van der Waals surface area contributed by atoms with Gasteiger partial charge in [-0.25, -0.2) is 17.8 Å². The number of thiazole rings is 1. The third kappa shape index (κ3) is 6.31. The summed E-state index contributed by atoms with van der Waals surface area (Å²) in [7, 11) is -4.16. The van der Waals surface area contributed by atoms with E-state index in [0.29, 0.717) is 11.6 Å². The third-order valence-electron chi connectivity index (χ3n) is 3.80. The van der Waals surface area contributed by atoms with Gasteiger partial charge in [-0.15, -0.1) is 13.2 Å². The van der Waals surface area contributed by atoms with Gasteiger partial charge in [-0.05, 0) is 35.9 Å². The summed E-state index contributed by atoms with van der Waals surface area (Å²) in [5, 5.41) is 2.38. The lowest BCUT2D eigenvalue weighted by Crippen LogP contribution is -2.24. The molecule has 3 aromatic rings. The number of alkyl halides is 3. The Hall–Kier alpha value is -2.90. The summed E-state index contributed by atoms with van der Waals surface area (Å²) in [5.41, 5.74) is 0.0112. The molecule has 0 radical (unpaired) electrons. The number of nitrogens with zero attached hydrogens (tertiary/aromatic N) is 1. The number of nitrogens with one attached hydrogen (secondary N) is 2. The highest BCUT2D eigenvalue weighted by Gasteiger charge is 2.31. The molecule has 32 heavy (non-hydrogen) atoms. The van der Waals surface area contributed by atoms with E-state index in [2.05, 4.69) is 19.8 Å². The first kappa shape index (κ1) is 23.8. The maximum Gasteiger partial charge on any atom is 0.573 e. The van der Waals surface area contributed by atoms with Crippen LogP contribution in [-0.4, -0.2) is 25.7 Å². The predicted octanol–water partition coefficient (Wildman–Crippen LogP) is 4.57. The van der Waals surface area contributed by atoms with Crippen molar-refractivity contribution in [2.75, 3.05) is 4.72 Å². The zero-order valence-corrected chi connectivity index (χ0v) is 18.0. The van der Waals surface area contributed by atoms with E-state index in [0.717, 1.165) is 35.6 Å². The Morgan fingerprint density at radius 3 is 2.41 bits per heavy atom. The summed E-state index contributed by atoms with van der Waals surface area (Å²) in [6, 6.07) is 7.44. The SMILES string of the molecule is O=C(NCc1ccc(OC(F)(F)F)cc1)c1ccc(S(=O)(=O)Nc2ncc(Cl)s2)cc1F. The molecule has 0 spiro atoms. The lowest BCUT2D eigenvalue weighted by Gasteiger charge is -2.10. The van der Waals surface area contributed by atoms with Gasteiger partial charge in [0, 0.05) is 6.54 Å². The van der Waals surface area contributed by atoms with E-state index in [1.165, 1.54) is 18.3 Å². The van der Waals surface area contributed by atoms with Crippen molar-refractivity contribution in [3.8, 4) is 5.75 Å². The van der Waals surface area contributed by atoms with Crippen molar-refractivity contribution in [1.29, 1.82) is 0 Å². The molecule has 3 rings (SSSR count). The average Bonchev–Trinajstić information content (AvgIpc) is 3.09. The van der Waals surface area contributed by atoms with Crippen molar-refractivity contribution in [3.63, 3.8) is 0 Å². The van der Waals surface area contributed by atoms with Crippen LogP contribution in [0.2, 0.25) is 4.34 Å². The molecule has 7 nitrogen and oxygen atoms in total. The second-order valence-electron chi connectivity index (χ2n) is 6.09. The molecule has 0 aliphatic carbocycles. The Balaban J connectivity index is 1.65. The number of hydrogen-bond acceptors (Lipinski definition) is 6. The quantitative estimate of drug-likeness (QED) is 0.455. The molecule has 0 aliphatic rings. The Morgan fingerprint density at radius 2 is 1.84 bits per heavy atom. The fourth-order valence-electron chi connectivity index (χ4n) is 2.41. The van der Waals surface area contributed by atoms with Crippen molar-refractivity contribution in [1.82, 2.24) is 10.3 Å². The van der Waals surface area contributed by atoms with E-state index in [1.54, 1.807) is 0 Å². The number of sulfonamides is 1. The maximum absolute atomic E-state index is 14.4. The van der Waals surface area contributed by atoms with E-state index in [9.17, 15) is 30.8 Å². The number of aromatic nitrogens is 1. The third-order valence-corrected chi connectivity index (χ3v) is 6.30. The molecule has 14 heteroatoms. The van der Waals surface area contributed by atoms with Crippen molar-refractivity contribution >= 4 is 44.0 Å². The van der Waals surface area contributed by atoms with Crippen molar-refractivity contribution in [2.45, 2.75) is 17.8 Å². The van der Waals surface area contributed by atoms with Crippen molar-refractivity contribution < 1.29 is 35.5 Å². The Bertz CT molecular complexity index is 1230. The van der Waals surface area contributed by atoms with Gasteiger partial charge < -0.3 is 10.1 Å². The highest BCUT2D eigenvalue weighted by Crippen LogP contribution is 2.26. The first-order valence-corrected chi connectivity index (χ1v) is 11.2. The van der Waals surface area contributed by atoms with Gasteiger partial charge in [0.2, 0.25) is 0 Å². The predicted molar refractivity (Wildman–Crippen MR) is 109 cm³/mol. The van der Waals surface area contributed by atoms with Crippen LogP contribution in [0, 0.1) is 5.82 Å². The molecular weight excluding hydrogens is 498 g/mol. The van der Waals surface area contributed by atoms with E-state index < -0.39 is 44.3 Å². The van der Waals surface area contributed by atoms with Crippen LogP contribution in [0.4, 0.5) is 22.7 Å². The van der Waals surface area contributed by atoms with Gasteiger partial charge >= 0.3 is 6.36 Å². The van der Waals surface area contributed by atoms with Gasteiger partial charge in [-0.1, -0.05) is 35.1 Å².